The van der Waals surface area contributed by atoms with Crippen LogP contribution >= 0.6 is 11.6 Å². The molecule has 164 valence electrons. The maximum atomic E-state index is 12.0. The maximum absolute atomic E-state index is 12.0. The highest BCUT2D eigenvalue weighted by atomic mass is 35.5. The molecule has 0 radical (unpaired) electrons. The van der Waals surface area contributed by atoms with Gasteiger partial charge < -0.3 is 25.3 Å². The fourth-order valence-electron chi connectivity index (χ4n) is 3.02. The number of ether oxygens (including phenoxy) is 1. The Balaban J connectivity index is 1.33. The summed E-state index contributed by atoms with van der Waals surface area (Å²) in [5, 5.41) is 9.82. The van der Waals surface area contributed by atoms with Crippen molar-refractivity contribution >= 4 is 34.4 Å². The summed E-state index contributed by atoms with van der Waals surface area (Å²) < 4.78 is 7.58. The molecule has 1 aromatic carbocycles. The van der Waals surface area contributed by atoms with Crippen LogP contribution in [0, 0.1) is 0 Å². The van der Waals surface area contributed by atoms with E-state index in [4.69, 9.17) is 16.3 Å². The number of halogens is 1. The van der Waals surface area contributed by atoms with Crippen LogP contribution < -0.4 is 20.7 Å². The number of aryl methyl sites for hydroxylation is 1. The lowest BCUT2D eigenvalue weighted by Crippen LogP contribution is -2.42. The van der Waals surface area contributed by atoms with Gasteiger partial charge in [-0.05, 0) is 30.7 Å². The normalized spacial score (nSPS) is 11.8. The van der Waals surface area contributed by atoms with E-state index in [1.807, 2.05) is 54.9 Å². The summed E-state index contributed by atoms with van der Waals surface area (Å²) in [6, 6.07) is 11.4. The molecule has 8 nitrogen and oxygen atoms in total. The number of fused-ring (bicyclic) bond motifs is 1. The fraction of sp³-hybridized carbons (Fsp3) is 0.318. The number of carbonyl (C=O) groups is 2. The van der Waals surface area contributed by atoms with Crippen LogP contribution in [-0.2, 0) is 23.2 Å². The van der Waals surface area contributed by atoms with Crippen molar-refractivity contribution in [1.82, 2.24) is 25.5 Å². The molecule has 1 unspecified atom stereocenters. The Morgan fingerprint density at radius 2 is 1.90 bits per heavy atom. The highest BCUT2D eigenvalue weighted by molar-refractivity contribution is 6.35. The molecule has 2 aromatic heterocycles. The zero-order chi connectivity index (χ0) is 22.2. The smallest absolute Gasteiger partial charge is 0.239 e. The molecule has 0 fully saturated rings. The van der Waals surface area contributed by atoms with Crippen LogP contribution in [0.5, 0.6) is 5.75 Å². The number of nitrogens with one attached hydrogen (secondary N) is 3. The predicted molar refractivity (Wildman–Crippen MR) is 120 cm³/mol. The minimum atomic E-state index is -0.284. The number of hydrogen-bond donors (Lipinski definition) is 3. The van der Waals surface area contributed by atoms with Gasteiger partial charge in [0, 0.05) is 37.9 Å². The van der Waals surface area contributed by atoms with E-state index in [1.54, 1.807) is 12.4 Å². The van der Waals surface area contributed by atoms with Crippen molar-refractivity contribution < 1.29 is 14.3 Å². The number of amides is 2. The standard InChI is InChI=1S/C22H26ClN5O3/c1-15(31-17-6-4-3-5-7-17)9-24-12-20(29)26-13-21(30)25-10-16-8-18-19(23)14-28(2)22(18)27-11-16/h3-8,11,14-15,24H,9-10,12-13H2,1-2H3,(H,25,30)(H,26,29). The number of nitrogens with zero attached hydrogens (tertiary/aromatic N) is 2. The summed E-state index contributed by atoms with van der Waals surface area (Å²) in [5.41, 5.74) is 1.61. The summed E-state index contributed by atoms with van der Waals surface area (Å²) in [6.45, 7) is 2.73. The molecule has 0 bridgehead atoms. The highest BCUT2D eigenvalue weighted by Gasteiger charge is 2.10. The Bertz CT molecular complexity index is 1040. The second-order valence-electron chi connectivity index (χ2n) is 7.23. The fourth-order valence-corrected chi connectivity index (χ4v) is 3.31. The first-order valence-electron chi connectivity index (χ1n) is 9.97. The van der Waals surface area contributed by atoms with Crippen molar-refractivity contribution in [3.05, 3.63) is 59.4 Å². The molecule has 2 heterocycles. The zero-order valence-electron chi connectivity index (χ0n) is 17.5. The summed E-state index contributed by atoms with van der Waals surface area (Å²) in [6.07, 6.45) is 3.39. The number of benzene rings is 1. The van der Waals surface area contributed by atoms with Gasteiger partial charge in [0.1, 0.15) is 17.5 Å². The molecule has 2 amide bonds. The lowest BCUT2D eigenvalue weighted by atomic mass is 10.2. The minimum Gasteiger partial charge on any atom is -0.489 e. The monoisotopic (exact) mass is 443 g/mol. The summed E-state index contributed by atoms with van der Waals surface area (Å²) in [7, 11) is 1.87. The summed E-state index contributed by atoms with van der Waals surface area (Å²) >= 11 is 6.19. The molecule has 31 heavy (non-hydrogen) atoms. The Morgan fingerprint density at radius 1 is 1.16 bits per heavy atom. The molecule has 0 spiro atoms. The van der Waals surface area contributed by atoms with Gasteiger partial charge >= 0.3 is 0 Å². The van der Waals surface area contributed by atoms with Crippen molar-refractivity contribution in [3.63, 3.8) is 0 Å². The average molecular weight is 444 g/mol. The van der Waals surface area contributed by atoms with E-state index in [-0.39, 0.29) is 31.0 Å². The first-order chi connectivity index (χ1) is 14.9. The lowest BCUT2D eigenvalue weighted by Gasteiger charge is -2.15. The molecular weight excluding hydrogens is 418 g/mol. The van der Waals surface area contributed by atoms with E-state index >= 15 is 0 Å². The van der Waals surface area contributed by atoms with E-state index in [9.17, 15) is 9.59 Å². The Hall–Kier alpha value is -3.10. The van der Waals surface area contributed by atoms with E-state index in [1.165, 1.54) is 0 Å². The van der Waals surface area contributed by atoms with Crippen molar-refractivity contribution in [2.24, 2.45) is 7.05 Å². The molecule has 0 saturated carbocycles. The van der Waals surface area contributed by atoms with Gasteiger partial charge in [0.2, 0.25) is 11.8 Å². The molecule has 0 aliphatic rings. The van der Waals surface area contributed by atoms with Crippen LogP contribution in [0.4, 0.5) is 0 Å². The van der Waals surface area contributed by atoms with Crippen molar-refractivity contribution in [2.45, 2.75) is 19.6 Å². The van der Waals surface area contributed by atoms with E-state index in [0.717, 1.165) is 22.3 Å². The number of pyridine rings is 1. The van der Waals surface area contributed by atoms with Crippen LogP contribution in [0.1, 0.15) is 12.5 Å². The lowest BCUT2D eigenvalue weighted by molar-refractivity contribution is -0.125. The number of rotatable bonds is 10. The first-order valence-corrected chi connectivity index (χ1v) is 10.4. The van der Waals surface area contributed by atoms with Gasteiger partial charge in [-0.1, -0.05) is 29.8 Å². The molecule has 3 aromatic rings. The van der Waals surface area contributed by atoms with Gasteiger partial charge in [0.15, 0.2) is 0 Å². The molecule has 3 rings (SSSR count). The Labute approximate surface area is 185 Å². The van der Waals surface area contributed by atoms with Crippen LogP contribution in [0.3, 0.4) is 0 Å². The average Bonchev–Trinajstić information content (AvgIpc) is 3.04. The second-order valence-corrected chi connectivity index (χ2v) is 7.64. The molecule has 3 N–H and O–H groups in total. The SMILES string of the molecule is CC(CNCC(=O)NCC(=O)NCc1cnc2c(c1)c(Cl)cn2C)Oc1ccccc1. The van der Waals surface area contributed by atoms with Crippen LogP contribution in [0.25, 0.3) is 11.0 Å². The third kappa shape index (κ3) is 6.70. The molecule has 0 aliphatic carbocycles. The van der Waals surface area contributed by atoms with Crippen LogP contribution in [0.15, 0.2) is 48.8 Å². The number of aromatic nitrogens is 2. The Morgan fingerprint density at radius 3 is 2.68 bits per heavy atom. The summed E-state index contributed by atoms with van der Waals surface area (Å²) in [4.78, 5) is 28.3. The van der Waals surface area contributed by atoms with Crippen molar-refractivity contribution in [3.8, 4) is 5.75 Å². The number of hydrogen-bond acceptors (Lipinski definition) is 5. The summed E-state index contributed by atoms with van der Waals surface area (Å²) in [5.74, 6) is 0.233. The topological polar surface area (TPSA) is 97.3 Å². The highest BCUT2D eigenvalue weighted by Crippen LogP contribution is 2.24. The number of para-hydroxylation sites is 1. The van der Waals surface area contributed by atoms with E-state index < -0.39 is 0 Å². The largest absolute Gasteiger partial charge is 0.489 e. The van der Waals surface area contributed by atoms with Gasteiger partial charge in [-0.15, -0.1) is 0 Å². The quantitative estimate of drug-likeness (QED) is 0.445. The maximum Gasteiger partial charge on any atom is 0.239 e. The van der Waals surface area contributed by atoms with E-state index in [0.29, 0.717) is 18.1 Å². The molecule has 1 atom stereocenters. The number of carbonyl (C=O) groups excluding carboxylic acids is 2. The second kappa shape index (κ2) is 10.8. The van der Waals surface area contributed by atoms with Gasteiger partial charge in [0.25, 0.3) is 0 Å². The van der Waals surface area contributed by atoms with E-state index in [2.05, 4.69) is 20.9 Å². The van der Waals surface area contributed by atoms with Gasteiger partial charge in [-0.25, -0.2) is 4.98 Å². The molecule has 0 aliphatic heterocycles. The predicted octanol–water partition coefficient (Wildman–Crippen LogP) is 2.02. The first kappa shape index (κ1) is 22.6. The van der Waals surface area contributed by atoms with Crippen LogP contribution in [0.2, 0.25) is 5.02 Å². The van der Waals surface area contributed by atoms with Crippen LogP contribution in [-0.4, -0.2) is 47.1 Å². The molecule has 0 saturated heterocycles. The molecule has 9 heteroatoms. The minimum absolute atomic E-state index is 0.0948. The van der Waals surface area contributed by atoms with Gasteiger partial charge in [0.05, 0.1) is 18.1 Å². The third-order valence-electron chi connectivity index (χ3n) is 4.56. The zero-order valence-corrected chi connectivity index (χ0v) is 18.3. The van der Waals surface area contributed by atoms with Gasteiger partial charge in [-0.2, -0.15) is 0 Å². The third-order valence-corrected chi connectivity index (χ3v) is 4.86. The van der Waals surface area contributed by atoms with Crippen molar-refractivity contribution in [2.75, 3.05) is 19.6 Å². The van der Waals surface area contributed by atoms with Crippen molar-refractivity contribution in [1.29, 1.82) is 0 Å². The molecular formula is C22H26ClN5O3. The van der Waals surface area contributed by atoms with Gasteiger partial charge in [-0.3, -0.25) is 9.59 Å². The Kier molecular flexibility index (Phi) is 7.86.